The topological polar surface area (TPSA) is 66.4 Å². The van der Waals surface area contributed by atoms with Gasteiger partial charge in [0.1, 0.15) is 17.4 Å². The Morgan fingerprint density at radius 2 is 1.74 bits per heavy atom. The Hall–Kier alpha value is -2.73. The van der Waals surface area contributed by atoms with Gasteiger partial charge in [-0.05, 0) is 42.5 Å². The smallest absolute Gasteiger partial charge is 0.296 e. The van der Waals surface area contributed by atoms with E-state index in [9.17, 15) is 23.5 Å². The monoisotopic (exact) mass is 337 g/mol. The maximum Gasteiger partial charge on any atom is 0.296 e. The van der Waals surface area contributed by atoms with E-state index in [-0.39, 0.29) is 16.3 Å². The SMILES string of the molecule is O=C(C=C(O)c1ccc(F)cc1)C(=O)Nc1ccc(F)c(Cl)c1. The van der Waals surface area contributed by atoms with E-state index in [2.05, 4.69) is 5.32 Å². The van der Waals surface area contributed by atoms with Gasteiger partial charge in [0.2, 0.25) is 5.78 Å². The van der Waals surface area contributed by atoms with Crippen molar-refractivity contribution in [3.8, 4) is 0 Å². The number of hydrogen-bond donors (Lipinski definition) is 2. The van der Waals surface area contributed by atoms with Gasteiger partial charge in [0.05, 0.1) is 5.02 Å². The molecule has 2 rings (SSSR count). The molecule has 0 saturated carbocycles. The van der Waals surface area contributed by atoms with Crippen molar-refractivity contribution >= 4 is 34.7 Å². The summed E-state index contributed by atoms with van der Waals surface area (Å²) in [5.41, 5.74) is 0.307. The molecular weight excluding hydrogens is 328 g/mol. The maximum absolute atomic E-state index is 13.0. The van der Waals surface area contributed by atoms with Crippen molar-refractivity contribution in [2.45, 2.75) is 0 Å². The normalized spacial score (nSPS) is 11.2. The summed E-state index contributed by atoms with van der Waals surface area (Å²) in [5, 5.41) is 11.8. The van der Waals surface area contributed by atoms with E-state index in [4.69, 9.17) is 11.6 Å². The first kappa shape index (κ1) is 16.6. The number of amides is 1. The number of carbonyl (C=O) groups excluding carboxylic acids is 2. The van der Waals surface area contributed by atoms with Gasteiger partial charge in [-0.25, -0.2) is 8.78 Å². The molecule has 0 radical (unpaired) electrons. The molecule has 0 aliphatic rings. The minimum atomic E-state index is -1.04. The molecule has 0 spiro atoms. The van der Waals surface area contributed by atoms with Crippen LogP contribution in [0.4, 0.5) is 14.5 Å². The lowest BCUT2D eigenvalue weighted by molar-refractivity contribution is -0.131. The van der Waals surface area contributed by atoms with Crippen LogP contribution in [0.5, 0.6) is 0 Å². The van der Waals surface area contributed by atoms with Gasteiger partial charge >= 0.3 is 0 Å². The molecule has 0 aromatic heterocycles. The fourth-order valence-corrected chi connectivity index (χ4v) is 1.84. The standard InChI is InChI=1S/C16H10ClF2NO3/c17-12-7-11(5-6-13(12)19)20-16(23)15(22)8-14(21)9-1-3-10(18)4-2-9/h1-8,21H,(H,20,23). The second kappa shape index (κ2) is 7.02. The van der Waals surface area contributed by atoms with Gasteiger partial charge in [-0.1, -0.05) is 11.6 Å². The third-order valence-corrected chi connectivity index (χ3v) is 3.10. The van der Waals surface area contributed by atoms with Crippen LogP contribution in [0.2, 0.25) is 5.02 Å². The van der Waals surface area contributed by atoms with Crippen molar-refractivity contribution in [3.05, 3.63) is 70.8 Å². The fraction of sp³-hybridized carbons (Fsp3) is 0. The van der Waals surface area contributed by atoms with E-state index in [0.29, 0.717) is 6.08 Å². The van der Waals surface area contributed by atoms with Crippen LogP contribution in [0.15, 0.2) is 48.5 Å². The van der Waals surface area contributed by atoms with Crippen LogP contribution in [0.1, 0.15) is 5.56 Å². The zero-order valence-corrected chi connectivity index (χ0v) is 12.3. The van der Waals surface area contributed by atoms with E-state index in [1.54, 1.807) is 0 Å². The van der Waals surface area contributed by atoms with Crippen LogP contribution in [0.3, 0.4) is 0 Å². The zero-order chi connectivity index (χ0) is 17.0. The Balaban J connectivity index is 2.09. The number of hydrogen-bond acceptors (Lipinski definition) is 3. The molecule has 0 fully saturated rings. The quantitative estimate of drug-likeness (QED) is 0.507. The van der Waals surface area contributed by atoms with Crippen molar-refractivity contribution in [3.63, 3.8) is 0 Å². The highest BCUT2D eigenvalue weighted by Gasteiger charge is 2.14. The molecule has 0 atom stereocenters. The number of halogens is 3. The van der Waals surface area contributed by atoms with Gasteiger partial charge < -0.3 is 10.4 Å². The van der Waals surface area contributed by atoms with Crippen molar-refractivity contribution in [2.24, 2.45) is 0 Å². The molecule has 7 heteroatoms. The number of carbonyl (C=O) groups is 2. The number of rotatable bonds is 4. The summed E-state index contributed by atoms with van der Waals surface area (Å²) in [6.45, 7) is 0. The van der Waals surface area contributed by atoms with Crippen LogP contribution in [0, 0.1) is 11.6 Å². The molecule has 4 nitrogen and oxygen atoms in total. The van der Waals surface area contributed by atoms with E-state index in [1.807, 2.05) is 0 Å². The van der Waals surface area contributed by atoms with Crippen molar-refractivity contribution in [1.82, 2.24) is 0 Å². The zero-order valence-electron chi connectivity index (χ0n) is 11.5. The van der Waals surface area contributed by atoms with E-state index >= 15 is 0 Å². The molecule has 0 aliphatic carbocycles. The third kappa shape index (κ3) is 4.37. The van der Waals surface area contributed by atoms with Crippen molar-refractivity contribution in [1.29, 1.82) is 0 Å². The summed E-state index contributed by atoms with van der Waals surface area (Å²) < 4.78 is 25.8. The van der Waals surface area contributed by atoms with Crippen molar-refractivity contribution < 1.29 is 23.5 Å². The molecule has 0 saturated heterocycles. The third-order valence-electron chi connectivity index (χ3n) is 2.81. The first-order valence-corrected chi connectivity index (χ1v) is 6.71. The number of anilines is 1. The lowest BCUT2D eigenvalue weighted by Crippen LogP contribution is -2.21. The van der Waals surface area contributed by atoms with Crippen LogP contribution in [0.25, 0.3) is 5.76 Å². The molecule has 0 unspecified atom stereocenters. The van der Waals surface area contributed by atoms with Gasteiger partial charge in [-0.2, -0.15) is 0 Å². The van der Waals surface area contributed by atoms with Crippen LogP contribution in [-0.2, 0) is 9.59 Å². The van der Waals surface area contributed by atoms with Crippen LogP contribution in [-0.4, -0.2) is 16.8 Å². The number of ketones is 1. The summed E-state index contributed by atoms with van der Waals surface area (Å²) in [6, 6.07) is 8.13. The molecule has 0 aliphatic heterocycles. The number of aliphatic hydroxyl groups excluding tert-OH is 1. The number of aliphatic hydroxyl groups is 1. The molecule has 118 valence electrons. The number of nitrogens with one attached hydrogen (secondary N) is 1. The second-order valence-corrected chi connectivity index (χ2v) is 4.89. The van der Waals surface area contributed by atoms with Crippen LogP contribution < -0.4 is 5.32 Å². The van der Waals surface area contributed by atoms with Gasteiger partial charge in [-0.15, -0.1) is 0 Å². The summed E-state index contributed by atoms with van der Waals surface area (Å²) in [7, 11) is 0. The Kier molecular flexibility index (Phi) is 5.08. The second-order valence-electron chi connectivity index (χ2n) is 4.48. The largest absolute Gasteiger partial charge is 0.507 e. The van der Waals surface area contributed by atoms with Crippen LogP contribution >= 0.6 is 11.6 Å². The summed E-state index contributed by atoms with van der Waals surface area (Å²) in [4.78, 5) is 23.4. The highest BCUT2D eigenvalue weighted by molar-refractivity contribution is 6.45. The Morgan fingerprint density at radius 1 is 1.09 bits per heavy atom. The van der Waals surface area contributed by atoms with E-state index < -0.39 is 29.1 Å². The average molecular weight is 338 g/mol. The predicted molar refractivity (Wildman–Crippen MR) is 82.1 cm³/mol. The number of benzene rings is 2. The molecule has 2 aromatic carbocycles. The molecule has 2 aromatic rings. The Morgan fingerprint density at radius 3 is 2.35 bits per heavy atom. The predicted octanol–water partition coefficient (Wildman–Crippen LogP) is 3.72. The molecule has 0 heterocycles. The van der Waals surface area contributed by atoms with Gasteiger partial charge in [0.25, 0.3) is 5.91 Å². The average Bonchev–Trinajstić information content (AvgIpc) is 2.51. The van der Waals surface area contributed by atoms with Gasteiger partial charge in [-0.3, -0.25) is 9.59 Å². The minimum absolute atomic E-state index is 0.129. The highest BCUT2D eigenvalue weighted by Crippen LogP contribution is 2.19. The molecule has 1 amide bonds. The van der Waals surface area contributed by atoms with Gasteiger partial charge in [0.15, 0.2) is 0 Å². The molecule has 2 N–H and O–H groups in total. The first-order chi connectivity index (χ1) is 10.9. The summed E-state index contributed by atoms with van der Waals surface area (Å²) in [5.74, 6) is -3.72. The van der Waals surface area contributed by atoms with Gasteiger partial charge in [0, 0.05) is 17.3 Å². The van der Waals surface area contributed by atoms with E-state index in [0.717, 1.165) is 24.3 Å². The lowest BCUT2D eigenvalue weighted by atomic mass is 10.1. The fourth-order valence-electron chi connectivity index (χ4n) is 1.66. The van der Waals surface area contributed by atoms with Crippen molar-refractivity contribution in [2.75, 3.05) is 5.32 Å². The van der Waals surface area contributed by atoms with E-state index in [1.165, 1.54) is 18.2 Å². The minimum Gasteiger partial charge on any atom is -0.507 e. The Bertz CT molecular complexity index is 788. The molecular formula is C16H10ClF2NO3. The Labute approximate surface area is 135 Å². The first-order valence-electron chi connectivity index (χ1n) is 6.34. The summed E-state index contributed by atoms with van der Waals surface area (Å²) in [6.07, 6.45) is 0.702. The molecule has 0 bridgehead atoms. The maximum atomic E-state index is 13.0. The highest BCUT2D eigenvalue weighted by atomic mass is 35.5. The summed E-state index contributed by atoms with van der Waals surface area (Å²) >= 11 is 5.56. The molecule has 23 heavy (non-hydrogen) atoms. The lowest BCUT2D eigenvalue weighted by Gasteiger charge is -2.04.